The lowest BCUT2D eigenvalue weighted by molar-refractivity contribution is -0.122. The van der Waals surface area contributed by atoms with Crippen molar-refractivity contribution in [1.29, 1.82) is 0 Å². The summed E-state index contributed by atoms with van der Waals surface area (Å²) in [6.45, 7) is 5.36. The van der Waals surface area contributed by atoms with Crippen molar-refractivity contribution in [2.45, 2.75) is 51.5 Å². The fourth-order valence-electron chi connectivity index (χ4n) is 2.94. The number of rotatable bonds is 7. The van der Waals surface area contributed by atoms with Gasteiger partial charge in [0.25, 0.3) is 0 Å². The maximum atomic E-state index is 11.9. The third-order valence-corrected chi connectivity index (χ3v) is 4.41. The molecule has 0 bridgehead atoms. The van der Waals surface area contributed by atoms with Gasteiger partial charge in [-0.05, 0) is 42.4 Å². The smallest absolute Gasteiger partial charge is 0.220 e. The average molecular weight is 304 g/mol. The van der Waals surface area contributed by atoms with E-state index in [1.807, 2.05) is 12.1 Å². The van der Waals surface area contributed by atoms with Crippen LogP contribution < -0.4 is 15.8 Å². The second-order valence-electron chi connectivity index (χ2n) is 6.48. The molecule has 0 aromatic heterocycles. The summed E-state index contributed by atoms with van der Waals surface area (Å²) in [7, 11) is 0. The zero-order valence-corrected chi connectivity index (χ0v) is 13.7. The summed E-state index contributed by atoms with van der Waals surface area (Å²) in [6.07, 6.45) is 3.82. The average Bonchev–Trinajstić information content (AvgIpc) is 2.89. The second kappa shape index (κ2) is 8.18. The molecular weight excluding hydrogens is 276 g/mol. The van der Waals surface area contributed by atoms with Crippen molar-refractivity contribution in [3.63, 3.8) is 0 Å². The van der Waals surface area contributed by atoms with Crippen LogP contribution in [0.2, 0.25) is 0 Å². The maximum absolute atomic E-state index is 11.9. The highest BCUT2D eigenvalue weighted by Crippen LogP contribution is 2.26. The van der Waals surface area contributed by atoms with Crippen LogP contribution in [0.4, 0.5) is 0 Å². The van der Waals surface area contributed by atoms with Gasteiger partial charge in [-0.15, -0.1) is 0 Å². The zero-order chi connectivity index (χ0) is 15.9. The Morgan fingerprint density at radius 3 is 2.64 bits per heavy atom. The number of ether oxygens (including phenoxy) is 1. The van der Waals surface area contributed by atoms with Crippen LogP contribution in [0.5, 0.6) is 5.75 Å². The van der Waals surface area contributed by atoms with Crippen molar-refractivity contribution in [1.82, 2.24) is 5.32 Å². The van der Waals surface area contributed by atoms with Gasteiger partial charge >= 0.3 is 0 Å². The van der Waals surface area contributed by atoms with E-state index in [2.05, 4.69) is 31.3 Å². The predicted octanol–water partition coefficient (Wildman–Crippen LogP) is 2.82. The first kappa shape index (κ1) is 16.8. The molecule has 0 aliphatic heterocycles. The van der Waals surface area contributed by atoms with Gasteiger partial charge in [-0.2, -0.15) is 0 Å². The molecule has 0 radical (unpaired) electrons. The molecule has 0 heterocycles. The molecule has 1 fully saturated rings. The molecule has 0 saturated heterocycles. The number of nitrogens with two attached hydrogens (primary N) is 1. The van der Waals surface area contributed by atoms with Gasteiger partial charge in [0.05, 0.1) is 6.54 Å². The summed E-state index contributed by atoms with van der Waals surface area (Å²) in [4.78, 5) is 11.9. The molecule has 1 saturated carbocycles. The van der Waals surface area contributed by atoms with E-state index in [1.165, 1.54) is 5.56 Å². The normalized spacial score (nSPS) is 21.1. The van der Waals surface area contributed by atoms with Crippen molar-refractivity contribution < 1.29 is 9.53 Å². The number of nitrogens with one attached hydrogen (secondary N) is 1. The summed E-state index contributed by atoms with van der Waals surface area (Å²) in [5, 5.41) is 2.91. The molecule has 1 aliphatic carbocycles. The second-order valence-corrected chi connectivity index (χ2v) is 6.48. The van der Waals surface area contributed by atoms with Gasteiger partial charge < -0.3 is 15.8 Å². The maximum Gasteiger partial charge on any atom is 0.220 e. The fourth-order valence-corrected chi connectivity index (χ4v) is 2.94. The molecule has 1 amide bonds. The van der Waals surface area contributed by atoms with Crippen molar-refractivity contribution >= 4 is 5.91 Å². The van der Waals surface area contributed by atoms with Gasteiger partial charge in [0.1, 0.15) is 12.4 Å². The molecule has 0 unspecified atom stereocenters. The lowest BCUT2D eigenvalue weighted by Crippen LogP contribution is -2.33. The Hall–Kier alpha value is -1.55. The Kier molecular flexibility index (Phi) is 6.25. The highest BCUT2D eigenvalue weighted by Gasteiger charge is 2.25. The Labute approximate surface area is 133 Å². The molecular formula is C18H28N2O2. The first-order valence-electron chi connectivity index (χ1n) is 8.31. The van der Waals surface area contributed by atoms with E-state index in [1.54, 1.807) is 0 Å². The summed E-state index contributed by atoms with van der Waals surface area (Å²) in [5.74, 6) is 1.80. The standard InChI is InChI=1S/C18H28N2O2/c1-13(2)14-6-8-16(9-7-14)22-11-10-20-18(21)12-15-4-3-5-17(15)19/h6-9,13,15,17H,3-5,10-12,19H2,1-2H3,(H,20,21)/t15-,17+/m0/s1. The molecule has 4 nitrogen and oxygen atoms in total. The van der Waals surface area contributed by atoms with Crippen LogP contribution in [0.3, 0.4) is 0 Å². The molecule has 122 valence electrons. The van der Waals surface area contributed by atoms with E-state index in [9.17, 15) is 4.79 Å². The quantitative estimate of drug-likeness (QED) is 0.761. The minimum Gasteiger partial charge on any atom is -0.492 e. The van der Waals surface area contributed by atoms with E-state index in [-0.39, 0.29) is 11.9 Å². The van der Waals surface area contributed by atoms with Gasteiger partial charge in [0.2, 0.25) is 5.91 Å². The number of hydrogen-bond donors (Lipinski definition) is 2. The first-order valence-corrected chi connectivity index (χ1v) is 8.31. The fraction of sp³-hybridized carbons (Fsp3) is 0.611. The predicted molar refractivity (Wildman–Crippen MR) is 89.0 cm³/mol. The van der Waals surface area contributed by atoms with Crippen LogP contribution in [0.25, 0.3) is 0 Å². The summed E-state index contributed by atoms with van der Waals surface area (Å²) in [5.41, 5.74) is 7.29. The highest BCUT2D eigenvalue weighted by atomic mass is 16.5. The van der Waals surface area contributed by atoms with Crippen molar-refractivity contribution in [2.75, 3.05) is 13.2 Å². The number of amides is 1. The largest absolute Gasteiger partial charge is 0.492 e. The molecule has 1 aromatic carbocycles. The van der Waals surface area contributed by atoms with Gasteiger partial charge in [-0.1, -0.05) is 32.4 Å². The minimum atomic E-state index is 0.0844. The molecule has 0 spiro atoms. The number of hydrogen-bond acceptors (Lipinski definition) is 3. The van der Waals surface area contributed by atoms with Crippen LogP contribution in [-0.4, -0.2) is 25.1 Å². The summed E-state index contributed by atoms with van der Waals surface area (Å²) < 4.78 is 5.64. The van der Waals surface area contributed by atoms with Gasteiger partial charge in [-0.25, -0.2) is 0 Å². The zero-order valence-electron chi connectivity index (χ0n) is 13.7. The molecule has 4 heteroatoms. The van der Waals surface area contributed by atoms with E-state index in [4.69, 9.17) is 10.5 Å². The van der Waals surface area contributed by atoms with Crippen LogP contribution in [-0.2, 0) is 4.79 Å². The van der Waals surface area contributed by atoms with Crippen molar-refractivity contribution in [3.8, 4) is 5.75 Å². The third-order valence-electron chi connectivity index (χ3n) is 4.41. The van der Waals surface area contributed by atoms with E-state index in [0.29, 0.717) is 31.4 Å². The Morgan fingerprint density at radius 2 is 2.05 bits per heavy atom. The van der Waals surface area contributed by atoms with Gasteiger partial charge in [0.15, 0.2) is 0 Å². The molecule has 3 N–H and O–H groups in total. The number of carbonyl (C=O) groups is 1. The lowest BCUT2D eigenvalue weighted by Gasteiger charge is -2.15. The van der Waals surface area contributed by atoms with Crippen molar-refractivity contribution in [2.24, 2.45) is 11.7 Å². The third kappa shape index (κ3) is 5.02. The first-order chi connectivity index (χ1) is 10.6. The van der Waals surface area contributed by atoms with E-state index < -0.39 is 0 Å². The van der Waals surface area contributed by atoms with Crippen molar-refractivity contribution in [3.05, 3.63) is 29.8 Å². The topological polar surface area (TPSA) is 64.3 Å². The Morgan fingerprint density at radius 1 is 1.32 bits per heavy atom. The van der Waals surface area contributed by atoms with E-state index in [0.717, 1.165) is 25.0 Å². The highest BCUT2D eigenvalue weighted by molar-refractivity contribution is 5.76. The number of benzene rings is 1. The molecule has 1 aromatic rings. The molecule has 2 atom stereocenters. The van der Waals surface area contributed by atoms with Crippen LogP contribution >= 0.6 is 0 Å². The minimum absolute atomic E-state index is 0.0844. The van der Waals surface area contributed by atoms with Crippen LogP contribution in [0.15, 0.2) is 24.3 Å². The molecule has 22 heavy (non-hydrogen) atoms. The van der Waals surface area contributed by atoms with Gasteiger partial charge in [-0.3, -0.25) is 4.79 Å². The monoisotopic (exact) mass is 304 g/mol. The SMILES string of the molecule is CC(C)c1ccc(OCCNC(=O)C[C@@H]2CCC[C@H]2N)cc1. The molecule has 1 aliphatic rings. The van der Waals surface area contributed by atoms with E-state index >= 15 is 0 Å². The lowest BCUT2D eigenvalue weighted by atomic mass is 10.00. The Balaban J connectivity index is 1.63. The summed E-state index contributed by atoms with van der Waals surface area (Å²) in [6, 6.07) is 8.32. The molecule has 2 rings (SSSR count). The Bertz CT molecular complexity index is 470. The summed E-state index contributed by atoms with van der Waals surface area (Å²) >= 11 is 0. The van der Waals surface area contributed by atoms with Crippen LogP contribution in [0, 0.1) is 5.92 Å². The van der Waals surface area contributed by atoms with Crippen LogP contribution in [0.1, 0.15) is 51.0 Å². The number of carbonyl (C=O) groups excluding carboxylic acids is 1. The van der Waals surface area contributed by atoms with Gasteiger partial charge in [0, 0.05) is 12.5 Å².